The number of β-amino-alcohol motifs (C(OH)–C–C–N with tert-alkyl or cyclic N) is 1. The second-order valence-electron chi connectivity index (χ2n) is 9.36. The molecule has 4 atom stereocenters. The smallest absolute Gasteiger partial charge is 0.243 e. The largest absolute Gasteiger partial charge is 0.391 e. The summed E-state index contributed by atoms with van der Waals surface area (Å²) in [6.45, 7) is 9.67. The van der Waals surface area contributed by atoms with Gasteiger partial charge >= 0.3 is 0 Å². The number of rotatable bonds is 5. The van der Waals surface area contributed by atoms with E-state index in [-0.39, 0.29) is 43.2 Å². The first-order valence-corrected chi connectivity index (χ1v) is 11.4. The molecule has 0 bridgehead atoms. The molecule has 1 saturated heterocycles. The number of likely N-dealkylation sites (tertiary alicyclic amines) is 1. The summed E-state index contributed by atoms with van der Waals surface area (Å²) in [7, 11) is 0. The number of amides is 2. The minimum absolute atomic E-state index is 0. The zero-order valence-electron chi connectivity index (χ0n) is 19.2. The van der Waals surface area contributed by atoms with Crippen LogP contribution in [0.5, 0.6) is 0 Å². The lowest BCUT2D eigenvalue weighted by molar-refractivity contribution is -0.141. The van der Waals surface area contributed by atoms with E-state index in [2.05, 4.69) is 10.3 Å². The van der Waals surface area contributed by atoms with Crippen LogP contribution in [0.3, 0.4) is 0 Å². The van der Waals surface area contributed by atoms with Crippen LogP contribution in [0.25, 0.3) is 10.4 Å². The molecule has 0 aliphatic carbocycles. The van der Waals surface area contributed by atoms with Crippen LogP contribution in [0, 0.1) is 12.3 Å². The Morgan fingerprint density at radius 1 is 1.28 bits per heavy atom. The molecule has 9 heteroatoms. The Kier molecular flexibility index (Phi) is 8.44. The SMILES string of the molecule is Cc1ncsc1-c1ccc([C@H](C)NC(=O)[C@@H]2C[C@@H](O)CN2C(=O)[C@H](N)C(C)(C)C)cc1.Cl. The molecule has 0 saturated carbocycles. The average Bonchev–Trinajstić information content (AvgIpc) is 3.31. The highest BCUT2D eigenvalue weighted by Gasteiger charge is 2.42. The van der Waals surface area contributed by atoms with E-state index in [4.69, 9.17) is 5.73 Å². The van der Waals surface area contributed by atoms with E-state index in [1.165, 1.54) is 4.90 Å². The molecule has 32 heavy (non-hydrogen) atoms. The van der Waals surface area contributed by atoms with Crippen molar-refractivity contribution in [2.24, 2.45) is 11.1 Å². The van der Waals surface area contributed by atoms with Gasteiger partial charge in [0.2, 0.25) is 11.8 Å². The van der Waals surface area contributed by atoms with Gasteiger partial charge in [-0.2, -0.15) is 0 Å². The highest BCUT2D eigenvalue weighted by molar-refractivity contribution is 7.13. The maximum atomic E-state index is 13.0. The Hall–Kier alpha value is -2.00. The number of nitrogens with one attached hydrogen (secondary N) is 1. The molecule has 1 aromatic carbocycles. The van der Waals surface area contributed by atoms with E-state index in [9.17, 15) is 14.7 Å². The summed E-state index contributed by atoms with van der Waals surface area (Å²) in [5.41, 5.74) is 10.6. The number of hydrogen-bond donors (Lipinski definition) is 3. The molecule has 4 N–H and O–H groups in total. The molecular weight excluding hydrogens is 448 g/mol. The first kappa shape index (κ1) is 26.3. The fourth-order valence-corrected chi connectivity index (χ4v) is 4.56. The summed E-state index contributed by atoms with van der Waals surface area (Å²) in [6, 6.07) is 6.32. The van der Waals surface area contributed by atoms with Crippen LogP contribution in [0.1, 0.15) is 51.4 Å². The quantitative estimate of drug-likeness (QED) is 0.609. The van der Waals surface area contributed by atoms with Crippen molar-refractivity contribution >= 4 is 35.6 Å². The molecule has 2 heterocycles. The van der Waals surface area contributed by atoms with Gasteiger partial charge in [0.15, 0.2) is 0 Å². The van der Waals surface area contributed by atoms with Crippen molar-refractivity contribution in [3.8, 4) is 10.4 Å². The predicted octanol–water partition coefficient (Wildman–Crippen LogP) is 3.05. The number of nitrogens with zero attached hydrogens (tertiary/aromatic N) is 2. The van der Waals surface area contributed by atoms with Gasteiger partial charge in [0.05, 0.1) is 34.3 Å². The van der Waals surface area contributed by atoms with E-state index in [0.29, 0.717) is 0 Å². The third-order valence-corrected chi connectivity index (χ3v) is 6.82. The number of aromatic nitrogens is 1. The summed E-state index contributed by atoms with van der Waals surface area (Å²) < 4.78 is 0. The number of benzene rings is 1. The number of nitrogens with two attached hydrogens (primary N) is 1. The maximum absolute atomic E-state index is 13.0. The van der Waals surface area contributed by atoms with E-state index in [0.717, 1.165) is 21.7 Å². The highest BCUT2D eigenvalue weighted by Crippen LogP contribution is 2.29. The van der Waals surface area contributed by atoms with Crippen LogP contribution in [0.2, 0.25) is 0 Å². The van der Waals surface area contributed by atoms with Crippen LogP contribution in [0.4, 0.5) is 0 Å². The summed E-state index contributed by atoms with van der Waals surface area (Å²) >= 11 is 1.60. The predicted molar refractivity (Wildman–Crippen MR) is 130 cm³/mol. The topological polar surface area (TPSA) is 109 Å². The van der Waals surface area contributed by atoms with Crippen molar-refractivity contribution in [2.45, 2.75) is 65.3 Å². The van der Waals surface area contributed by atoms with Crippen molar-refractivity contribution in [3.63, 3.8) is 0 Å². The molecule has 1 aliphatic heterocycles. The summed E-state index contributed by atoms with van der Waals surface area (Å²) in [6.07, 6.45) is -0.519. The van der Waals surface area contributed by atoms with Gasteiger partial charge in [0.25, 0.3) is 0 Å². The minimum atomic E-state index is -0.742. The van der Waals surface area contributed by atoms with Gasteiger partial charge in [-0.25, -0.2) is 4.98 Å². The number of halogens is 1. The summed E-state index contributed by atoms with van der Waals surface area (Å²) in [5.74, 6) is -0.581. The van der Waals surface area contributed by atoms with E-state index in [1.807, 2.05) is 64.4 Å². The van der Waals surface area contributed by atoms with Crippen LogP contribution < -0.4 is 11.1 Å². The third kappa shape index (κ3) is 5.67. The van der Waals surface area contributed by atoms with Crippen molar-refractivity contribution < 1.29 is 14.7 Å². The van der Waals surface area contributed by atoms with Gasteiger partial charge in [0, 0.05) is 13.0 Å². The maximum Gasteiger partial charge on any atom is 0.243 e. The number of carbonyl (C=O) groups is 2. The summed E-state index contributed by atoms with van der Waals surface area (Å²) in [5, 5.41) is 13.1. The molecule has 3 rings (SSSR count). The van der Waals surface area contributed by atoms with Crippen LogP contribution in [-0.2, 0) is 9.59 Å². The first-order chi connectivity index (χ1) is 14.5. The van der Waals surface area contributed by atoms with Crippen molar-refractivity contribution in [3.05, 3.63) is 41.0 Å². The number of aliphatic hydroxyl groups excluding tert-OH is 1. The molecule has 7 nitrogen and oxygen atoms in total. The molecule has 0 unspecified atom stereocenters. The van der Waals surface area contributed by atoms with E-state index < -0.39 is 23.6 Å². The van der Waals surface area contributed by atoms with Gasteiger partial charge in [-0.1, -0.05) is 45.0 Å². The normalized spacial score (nSPS) is 20.4. The van der Waals surface area contributed by atoms with Crippen molar-refractivity contribution in [2.75, 3.05) is 6.54 Å². The molecule has 176 valence electrons. The number of thiazole rings is 1. The van der Waals surface area contributed by atoms with Crippen molar-refractivity contribution in [1.29, 1.82) is 0 Å². The second kappa shape index (κ2) is 10.3. The molecule has 0 radical (unpaired) electrons. The number of aliphatic hydroxyl groups is 1. The van der Waals surface area contributed by atoms with E-state index >= 15 is 0 Å². The fourth-order valence-electron chi connectivity index (χ4n) is 3.75. The zero-order chi connectivity index (χ0) is 22.9. The zero-order valence-corrected chi connectivity index (χ0v) is 20.8. The molecule has 1 aromatic heterocycles. The molecule has 2 amide bonds. The Morgan fingerprint density at radius 2 is 1.91 bits per heavy atom. The average molecular weight is 481 g/mol. The monoisotopic (exact) mass is 480 g/mol. The highest BCUT2D eigenvalue weighted by atomic mass is 35.5. The van der Waals surface area contributed by atoms with Crippen LogP contribution >= 0.6 is 23.7 Å². The van der Waals surface area contributed by atoms with Gasteiger partial charge in [-0.15, -0.1) is 23.7 Å². The molecular formula is C23H33ClN4O3S. The number of hydrogen-bond acceptors (Lipinski definition) is 6. The lowest BCUT2D eigenvalue weighted by Gasteiger charge is -2.32. The Balaban J connectivity index is 0.00000363. The minimum Gasteiger partial charge on any atom is -0.391 e. The lowest BCUT2D eigenvalue weighted by Crippen LogP contribution is -2.55. The van der Waals surface area contributed by atoms with Gasteiger partial charge in [-0.05, 0) is 30.4 Å². The van der Waals surface area contributed by atoms with Crippen LogP contribution in [-0.4, -0.2) is 51.5 Å². The fraction of sp³-hybridized carbons (Fsp3) is 0.522. The van der Waals surface area contributed by atoms with Crippen molar-refractivity contribution in [1.82, 2.24) is 15.2 Å². The lowest BCUT2D eigenvalue weighted by atomic mass is 9.86. The van der Waals surface area contributed by atoms with Gasteiger partial charge < -0.3 is 21.1 Å². The third-order valence-electron chi connectivity index (χ3n) is 5.84. The summed E-state index contributed by atoms with van der Waals surface area (Å²) in [4.78, 5) is 32.7. The van der Waals surface area contributed by atoms with Gasteiger partial charge in [0.1, 0.15) is 6.04 Å². The molecule has 0 spiro atoms. The number of carbonyl (C=O) groups excluding carboxylic acids is 2. The first-order valence-electron chi connectivity index (χ1n) is 10.5. The molecule has 1 fully saturated rings. The van der Waals surface area contributed by atoms with Crippen LogP contribution in [0.15, 0.2) is 29.8 Å². The second-order valence-corrected chi connectivity index (χ2v) is 10.2. The van der Waals surface area contributed by atoms with E-state index in [1.54, 1.807) is 11.3 Å². The standard InChI is InChI=1S/C23H32N4O3S.ClH/c1-13(15-6-8-16(9-7-15)19-14(2)25-12-31-19)26-21(29)18-10-17(28)11-27(18)22(30)20(24)23(3,4)5;/h6-9,12-13,17-18,20,28H,10-11,24H2,1-5H3,(H,26,29);1H/t13-,17+,18-,20-;/m0./s1. The number of aryl methyl sites for hydroxylation is 1. The Morgan fingerprint density at radius 3 is 2.44 bits per heavy atom. The molecule has 2 aromatic rings. The van der Waals surface area contributed by atoms with Gasteiger partial charge in [-0.3, -0.25) is 9.59 Å². The Bertz CT molecular complexity index is 941. The molecule has 1 aliphatic rings. The Labute approximate surface area is 199 Å².